The van der Waals surface area contributed by atoms with Gasteiger partial charge in [0.25, 0.3) is 0 Å². The zero-order valence-corrected chi connectivity index (χ0v) is 11.3. The monoisotopic (exact) mass is 277 g/mol. The predicted octanol–water partition coefficient (Wildman–Crippen LogP) is 1.43. The Hall–Kier alpha value is -0.820. The van der Waals surface area contributed by atoms with E-state index in [-0.39, 0.29) is 5.03 Å². The molecule has 1 aromatic rings. The number of alkyl halides is 2. The third-order valence-corrected chi connectivity index (χ3v) is 4.80. The van der Waals surface area contributed by atoms with Crippen LogP contribution < -0.4 is 5.32 Å². The zero-order valence-electron chi connectivity index (χ0n) is 10.4. The molecule has 0 radical (unpaired) electrons. The average molecular weight is 277 g/mol. The Labute approximate surface area is 107 Å². The zero-order chi connectivity index (χ0) is 13.3. The Morgan fingerprint density at radius 2 is 2.11 bits per heavy atom. The van der Waals surface area contributed by atoms with Gasteiger partial charge in [-0.25, -0.2) is 4.21 Å². The van der Waals surface area contributed by atoms with Crippen LogP contribution in [0, 0.1) is 12.8 Å². The molecule has 1 unspecified atom stereocenters. The van der Waals surface area contributed by atoms with Crippen LogP contribution in [0.5, 0.6) is 0 Å². The van der Waals surface area contributed by atoms with Crippen LogP contribution in [0.2, 0.25) is 0 Å². The number of aryl methyl sites for hydroxylation is 2. The molecule has 1 N–H and O–H groups in total. The molecule has 2 rings (SSSR count). The van der Waals surface area contributed by atoms with Crippen LogP contribution in [0.15, 0.2) is 11.1 Å². The van der Waals surface area contributed by atoms with Gasteiger partial charge >= 0.3 is 5.25 Å². The van der Waals surface area contributed by atoms with E-state index in [1.165, 1.54) is 10.7 Å². The summed E-state index contributed by atoms with van der Waals surface area (Å²) >= 11 is 0. The fourth-order valence-corrected chi connectivity index (χ4v) is 3.58. The fourth-order valence-electron chi connectivity index (χ4n) is 2.21. The van der Waals surface area contributed by atoms with Crippen molar-refractivity contribution in [2.45, 2.75) is 30.0 Å². The molecule has 102 valence electrons. The molecule has 0 amide bonds. The van der Waals surface area contributed by atoms with Gasteiger partial charge in [0.05, 0.1) is 5.69 Å². The maximum atomic E-state index is 14.2. The maximum Gasteiger partial charge on any atom is 0.329 e. The van der Waals surface area contributed by atoms with Crippen LogP contribution in [0.25, 0.3) is 0 Å². The van der Waals surface area contributed by atoms with Crippen molar-refractivity contribution >= 4 is 10.8 Å². The average Bonchev–Trinajstić information content (AvgIpc) is 2.68. The number of piperidine rings is 1. The minimum Gasteiger partial charge on any atom is -0.317 e. The first-order valence-electron chi connectivity index (χ1n) is 5.94. The van der Waals surface area contributed by atoms with E-state index in [2.05, 4.69) is 10.4 Å². The van der Waals surface area contributed by atoms with Crippen molar-refractivity contribution < 1.29 is 13.0 Å². The summed E-state index contributed by atoms with van der Waals surface area (Å²) in [5.41, 5.74) is 0.599. The molecule has 0 spiro atoms. The largest absolute Gasteiger partial charge is 0.329 e. The Bertz CT molecular complexity index is 455. The maximum absolute atomic E-state index is 14.2. The summed E-state index contributed by atoms with van der Waals surface area (Å²) in [7, 11) is -0.802. The van der Waals surface area contributed by atoms with Crippen molar-refractivity contribution in [3.63, 3.8) is 0 Å². The highest BCUT2D eigenvalue weighted by molar-refractivity contribution is 7.86. The summed E-state index contributed by atoms with van der Waals surface area (Å²) in [6.07, 6.45) is 0.713. The molecule has 4 nitrogen and oxygen atoms in total. The van der Waals surface area contributed by atoms with Crippen molar-refractivity contribution in [1.29, 1.82) is 0 Å². The number of hydrogen-bond donors (Lipinski definition) is 1. The lowest BCUT2D eigenvalue weighted by molar-refractivity contribution is 0.0169. The smallest absolute Gasteiger partial charge is 0.317 e. The molecule has 0 bridgehead atoms. The van der Waals surface area contributed by atoms with Crippen LogP contribution in [0.3, 0.4) is 0 Å². The Kier molecular flexibility index (Phi) is 3.82. The quantitative estimate of drug-likeness (QED) is 0.909. The van der Waals surface area contributed by atoms with Crippen molar-refractivity contribution in [2.24, 2.45) is 13.0 Å². The number of hydrogen-bond acceptors (Lipinski definition) is 3. The van der Waals surface area contributed by atoms with Gasteiger partial charge in [-0.3, -0.25) is 4.68 Å². The van der Waals surface area contributed by atoms with Gasteiger partial charge in [-0.2, -0.15) is 13.9 Å². The Morgan fingerprint density at radius 3 is 2.61 bits per heavy atom. The summed E-state index contributed by atoms with van der Waals surface area (Å²) in [5.74, 6) is -0.824. The Morgan fingerprint density at radius 1 is 1.50 bits per heavy atom. The number of halogens is 2. The van der Waals surface area contributed by atoms with Gasteiger partial charge < -0.3 is 5.32 Å². The summed E-state index contributed by atoms with van der Waals surface area (Å²) in [6.45, 7) is 2.81. The van der Waals surface area contributed by atoms with Crippen molar-refractivity contribution in [3.8, 4) is 0 Å². The van der Waals surface area contributed by atoms with Crippen LogP contribution in [0.1, 0.15) is 18.5 Å². The van der Waals surface area contributed by atoms with Crippen molar-refractivity contribution in [2.75, 3.05) is 13.1 Å². The summed E-state index contributed by atoms with van der Waals surface area (Å²) < 4.78 is 41.8. The van der Waals surface area contributed by atoms with Gasteiger partial charge in [0.1, 0.15) is 15.8 Å². The molecule has 7 heteroatoms. The van der Waals surface area contributed by atoms with Gasteiger partial charge in [0, 0.05) is 13.0 Å². The molecule has 1 atom stereocenters. The van der Waals surface area contributed by atoms with Gasteiger partial charge in [-0.1, -0.05) is 0 Å². The summed E-state index contributed by atoms with van der Waals surface area (Å²) in [6, 6.07) is 1.46. The first-order valence-corrected chi connectivity index (χ1v) is 7.09. The standard InChI is InChI=1S/C11H17F2N3OS/c1-8-7-10(16(2)15-8)18(17)11(12,13)9-3-5-14-6-4-9/h7,9,14H,3-6H2,1-2H3. The second-order valence-electron chi connectivity index (χ2n) is 4.60. The van der Waals surface area contributed by atoms with E-state index in [9.17, 15) is 13.0 Å². The van der Waals surface area contributed by atoms with E-state index in [4.69, 9.17) is 0 Å². The molecule has 1 fully saturated rings. The van der Waals surface area contributed by atoms with Crippen LogP contribution in [-0.2, 0) is 17.8 Å². The third-order valence-electron chi connectivity index (χ3n) is 3.21. The lowest BCUT2D eigenvalue weighted by atomic mass is 9.99. The lowest BCUT2D eigenvalue weighted by Crippen LogP contribution is -2.41. The van der Waals surface area contributed by atoms with E-state index in [1.54, 1.807) is 14.0 Å². The fraction of sp³-hybridized carbons (Fsp3) is 0.727. The van der Waals surface area contributed by atoms with E-state index >= 15 is 0 Å². The van der Waals surface area contributed by atoms with E-state index < -0.39 is 22.0 Å². The van der Waals surface area contributed by atoms with Crippen LogP contribution >= 0.6 is 0 Å². The van der Waals surface area contributed by atoms with Crippen molar-refractivity contribution in [3.05, 3.63) is 11.8 Å². The normalized spacial score (nSPS) is 20.0. The molecule has 1 aliphatic rings. The minimum atomic E-state index is -3.19. The molecule has 1 saturated heterocycles. The molecular weight excluding hydrogens is 260 g/mol. The number of aromatic nitrogens is 2. The molecule has 0 saturated carbocycles. The van der Waals surface area contributed by atoms with E-state index in [1.807, 2.05) is 0 Å². The third kappa shape index (κ3) is 2.47. The van der Waals surface area contributed by atoms with E-state index in [0.29, 0.717) is 31.6 Å². The number of rotatable bonds is 3. The van der Waals surface area contributed by atoms with Gasteiger partial charge in [-0.15, -0.1) is 0 Å². The van der Waals surface area contributed by atoms with E-state index in [0.717, 1.165) is 0 Å². The second-order valence-corrected chi connectivity index (χ2v) is 6.10. The highest BCUT2D eigenvalue weighted by Gasteiger charge is 2.47. The molecule has 2 heterocycles. The molecule has 18 heavy (non-hydrogen) atoms. The Balaban J connectivity index is 2.23. The number of nitrogens with one attached hydrogen (secondary N) is 1. The first-order chi connectivity index (χ1) is 8.43. The molecule has 1 aliphatic heterocycles. The lowest BCUT2D eigenvalue weighted by Gasteiger charge is -2.29. The second kappa shape index (κ2) is 5.05. The minimum absolute atomic E-state index is 0.0935. The summed E-state index contributed by atoms with van der Waals surface area (Å²) in [4.78, 5) is 0. The predicted molar refractivity (Wildman–Crippen MR) is 64.9 cm³/mol. The number of nitrogens with zero attached hydrogens (tertiary/aromatic N) is 2. The molecule has 1 aromatic heterocycles. The highest BCUT2D eigenvalue weighted by atomic mass is 32.2. The van der Waals surface area contributed by atoms with Crippen LogP contribution in [-0.4, -0.2) is 32.3 Å². The van der Waals surface area contributed by atoms with Crippen molar-refractivity contribution in [1.82, 2.24) is 15.1 Å². The molecule has 0 aliphatic carbocycles. The highest BCUT2D eigenvalue weighted by Crippen LogP contribution is 2.37. The molecule has 0 aromatic carbocycles. The summed E-state index contributed by atoms with van der Waals surface area (Å²) in [5, 5.41) is 3.90. The van der Waals surface area contributed by atoms with Crippen LogP contribution in [0.4, 0.5) is 8.78 Å². The first kappa shape index (κ1) is 13.6. The SMILES string of the molecule is Cc1cc(S(=O)C(F)(F)C2CCNCC2)n(C)n1. The molecular formula is C11H17F2N3OS. The van der Waals surface area contributed by atoms with Gasteiger partial charge in [0.2, 0.25) is 0 Å². The topological polar surface area (TPSA) is 46.9 Å². The van der Waals surface area contributed by atoms with Gasteiger partial charge in [-0.05, 0) is 38.9 Å². The van der Waals surface area contributed by atoms with Gasteiger partial charge in [0.15, 0.2) is 0 Å².